The highest BCUT2D eigenvalue weighted by atomic mass is 32.2. The van der Waals surface area contributed by atoms with Crippen LogP contribution in [-0.4, -0.2) is 73.8 Å². The van der Waals surface area contributed by atoms with E-state index in [4.69, 9.17) is 9.47 Å². The summed E-state index contributed by atoms with van der Waals surface area (Å²) in [6, 6.07) is 13.9. The van der Waals surface area contributed by atoms with E-state index in [1.54, 1.807) is 7.11 Å². The summed E-state index contributed by atoms with van der Waals surface area (Å²) in [5, 5.41) is 10.1. The second-order valence-corrected chi connectivity index (χ2v) is 15.2. The first-order valence-corrected chi connectivity index (χ1v) is 16.7. The van der Waals surface area contributed by atoms with E-state index in [0.717, 1.165) is 62.3 Å². The van der Waals surface area contributed by atoms with Crippen molar-refractivity contribution in [1.29, 1.82) is 0 Å². The van der Waals surface area contributed by atoms with Crippen molar-refractivity contribution in [1.82, 2.24) is 9.21 Å². The van der Waals surface area contributed by atoms with Gasteiger partial charge in [-0.1, -0.05) is 50.2 Å². The van der Waals surface area contributed by atoms with Gasteiger partial charge >= 0.3 is 0 Å². The second-order valence-electron chi connectivity index (χ2n) is 13.2. The quantitative estimate of drug-likeness (QED) is 0.495. The Balaban J connectivity index is 1.30. The maximum atomic E-state index is 14.2. The van der Waals surface area contributed by atoms with Gasteiger partial charge in [-0.25, -0.2) is 8.42 Å². The molecule has 3 fully saturated rings. The minimum Gasteiger partial charge on any atom is -0.493 e. The fourth-order valence-corrected chi connectivity index (χ4v) is 10.6. The fourth-order valence-electron chi connectivity index (χ4n) is 8.68. The molecule has 2 aromatic carbocycles. The molecule has 7 atom stereocenters. The van der Waals surface area contributed by atoms with Crippen molar-refractivity contribution in [2.24, 2.45) is 17.8 Å². The molecule has 2 aliphatic heterocycles. The molecule has 8 heteroatoms. The Hall–Kier alpha value is -2.13. The second kappa shape index (κ2) is 9.72. The molecule has 1 N–H and O–H groups in total. The largest absolute Gasteiger partial charge is 0.493 e. The van der Waals surface area contributed by atoms with Crippen LogP contribution >= 0.6 is 0 Å². The summed E-state index contributed by atoms with van der Waals surface area (Å²) >= 11 is 0. The van der Waals surface area contributed by atoms with Crippen LogP contribution in [0.2, 0.25) is 0 Å². The number of hydrogen-bond acceptors (Lipinski definition) is 6. The van der Waals surface area contributed by atoms with Crippen LogP contribution in [0.3, 0.4) is 0 Å². The third-order valence-corrected chi connectivity index (χ3v) is 12.3. The standard InChI is InChI=1S/C32H42N2O5S/c1-20(2)17-34(40(36,37)19-21-7-5-4-6-8-21)25-11-10-24-26-15-22-9-12-28(38-3)30-29(22)32(24,31(25)39-30)13-14-33(26)18-23-16-27(23)35/h4-9,12,20,23-27,31,35H,10-11,13-19H2,1-3H3/t23?,24-,25-,26+,27?,31-,32-/m0/s1. The van der Waals surface area contributed by atoms with E-state index >= 15 is 0 Å². The molecule has 2 saturated carbocycles. The van der Waals surface area contributed by atoms with Crippen LogP contribution in [0.4, 0.5) is 0 Å². The van der Waals surface area contributed by atoms with Gasteiger partial charge in [-0.3, -0.25) is 4.90 Å². The lowest BCUT2D eigenvalue weighted by molar-refractivity contribution is -0.0789. The average Bonchev–Trinajstić information content (AvgIpc) is 3.51. The van der Waals surface area contributed by atoms with E-state index < -0.39 is 10.0 Å². The maximum Gasteiger partial charge on any atom is 0.218 e. The number of methoxy groups -OCH3 is 1. The molecule has 3 aliphatic carbocycles. The molecule has 1 saturated heterocycles. The topological polar surface area (TPSA) is 79.3 Å². The van der Waals surface area contributed by atoms with E-state index in [1.165, 1.54) is 11.1 Å². The monoisotopic (exact) mass is 566 g/mol. The van der Waals surface area contributed by atoms with Gasteiger partial charge in [-0.05, 0) is 67.7 Å². The van der Waals surface area contributed by atoms with Crippen LogP contribution in [0.5, 0.6) is 11.5 Å². The Bertz CT molecular complexity index is 1380. The highest BCUT2D eigenvalue weighted by Crippen LogP contribution is 2.64. The zero-order chi connectivity index (χ0) is 27.8. The SMILES string of the molecule is COc1ccc2c3c1O[C@H]1[C@@H](N(CC(C)C)S(=O)(=O)Cc4ccccc4)CC[C@H]4[C@@H](C2)N(CC2CC2O)CC[C@@]341. The molecule has 1 spiro atoms. The zero-order valence-electron chi connectivity index (χ0n) is 23.8. The number of rotatable bonds is 9. The van der Waals surface area contributed by atoms with Gasteiger partial charge in [0.1, 0.15) is 6.10 Å². The van der Waals surface area contributed by atoms with Gasteiger partial charge in [0, 0.05) is 36.0 Å². The van der Waals surface area contributed by atoms with Crippen LogP contribution in [0.1, 0.15) is 56.2 Å². The van der Waals surface area contributed by atoms with Gasteiger partial charge in [0.2, 0.25) is 10.0 Å². The molecule has 5 aliphatic rings. The molecule has 2 aromatic rings. The molecule has 216 valence electrons. The lowest BCUT2D eigenvalue weighted by atomic mass is 9.51. The molecule has 0 amide bonds. The maximum absolute atomic E-state index is 14.2. The minimum atomic E-state index is -3.59. The number of aliphatic hydroxyl groups excluding tert-OH is 1. The summed E-state index contributed by atoms with van der Waals surface area (Å²) in [6.07, 6.45) is 4.21. The van der Waals surface area contributed by atoms with E-state index in [1.807, 2.05) is 40.7 Å². The van der Waals surface area contributed by atoms with Crippen molar-refractivity contribution < 1.29 is 23.0 Å². The molecule has 7 nitrogen and oxygen atoms in total. The van der Waals surface area contributed by atoms with Crippen molar-refractivity contribution in [3.05, 3.63) is 59.2 Å². The van der Waals surface area contributed by atoms with Gasteiger partial charge in [-0.15, -0.1) is 0 Å². The van der Waals surface area contributed by atoms with Crippen molar-refractivity contribution in [3.63, 3.8) is 0 Å². The highest BCUT2D eigenvalue weighted by Gasteiger charge is 2.67. The molecule has 2 unspecified atom stereocenters. The van der Waals surface area contributed by atoms with Crippen molar-refractivity contribution in [2.45, 2.75) is 81.4 Å². The van der Waals surface area contributed by atoms with Crippen LogP contribution in [0.15, 0.2) is 42.5 Å². The summed E-state index contributed by atoms with van der Waals surface area (Å²) in [4.78, 5) is 2.64. The van der Waals surface area contributed by atoms with Gasteiger partial charge in [0.05, 0.1) is 25.0 Å². The van der Waals surface area contributed by atoms with Crippen LogP contribution in [0, 0.1) is 17.8 Å². The Morgan fingerprint density at radius 3 is 2.65 bits per heavy atom. The number of hydrogen-bond donors (Lipinski definition) is 1. The summed E-state index contributed by atoms with van der Waals surface area (Å²) < 4.78 is 43.0. The molecular formula is C32H42N2O5S. The summed E-state index contributed by atoms with van der Waals surface area (Å²) in [6.45, 7) is 6.59. The Morgan fingerprint density at radius 1 is 1.18 bits per heavy atom. The van der Waals surface area contributed by atoms with Crippen molar-refractivity contribution >= 4 is 10.0 Å². The predicted molar refractivity (Wildman–Crippen MR) is 154 cm³/mol. The number of sulfonamides is 1. The van der Waals surface area contributed by atoms with Gasteiger partial charge in [0.15, 0.2) is 11.5 Å². The first-order chi connectivity index (χ1) is 19.2. The molecule has 0 aromatic heterocycles. The van der Waals surface area contributed by atoms with Crippen LogP contribution in [-0.2, 0) is 27.6 Å². The Kier molecular flexibility index (Phi) is 6.50. The molecule has 0 radical (unpaired) electrons. The number of ether oxygens (including phenoxy) is 2. The average molecular weight is 567 g/mol. The lowest BCUT2D eigenvalue weighted by Gasteiger charge is -2.60. The first kappa shape index (κ1) is 26.7. The zero-order valence-corrected chi connectivity index (χ0v) is 24.6. The molecular weight excluding hydrogens is 524 g/mol. The normalized spacial score (nSPS) is 34.0. The third kappa shape index (κ3) is 4.12. The van der Waals surface area contributed by atoms with Gasteiger partial charge < -0.3 is 14.6 Å². The van der Waals surface area contributed by atoms with E-state index in [2.05, 4.69) is 24.8 Å². The number of benzene rings is 2. The van der Waals surface area contributed by atoms with Crippen molar-refractivity contribution in [3.8, 4) is 11.5 Å². The summed E-state index contributed by atoms with van der Waals surface area (Å²) in [7, 11) is -1.90. The van der Waals surface area contributed by atoms with E-state index in [0.29, 0.717) is 24.4 Å². The van der Waals surface area contributed by atoms with Gasteiger partial charge in [-0.2, -0.15) is 4.31 Å². The smallest absolute Gasteiger partial charge is 0.218 e. The Morgan fingerprint density at radius 2 is 1.95 bits per heavy atom. The van der Waals surface area contributed by atoms with Crippen molar-refractivity contribution in [2.75, 3.05) is 26.7 Å². The molecule has 2 heterocycles. The molecule has 2 bridgehead atoms. The first-order valence-electron chi connectivity index (χ1n) is 15.1. The summed E-state index contributed by atoms with van der Waals surface area (Å²) in [5.74, 6) is 2.58. The van der Waals surface area contributed by atoms with E-state index in [-0.39, 0.29) is 35.3 Å². The number of piperidine rings is 1. The van der Waals surface area contributed by atoms with Crippen LogP contribution < -0.4 is 9.47 Å². The van der Waals surface area contributed by atoms with Gasteiger partial charge in [0.25, 0.3) is 0 Å². The fraction of sp³-hybridized carbons (Fsp3) is 0.625. The summed E-state index contributed by atoms with van der Waals surface area (Å²) in [5.41, 5.74) is 3.21. The minimum absolute atomic E-state index is 0.00183. The highest BCUT2D eigenvalue weighted by molar-refractivity contribution is 7.88. The molecule has 40 heavy (non-hydrogen) atoms. The van der Waals surface area contributed by atoms with Crippen LogP contribution in [0.25, 0.3) is 0 Å². The predicted octanol–water partition coefficient (Wildman–Crippen LogP) is 3.97. The number of nitrogens with zero attached hydrogens (tertiary/aromatic N) is 2. The lowest BCUT2D eigenvalue weighted by Crippen LogP contribution is -2.69. The number of aliphatic hydroxyl groups is 1. The third-order valence-electron chi connectivity index (χ3n) is 10.4. The number of likely N-dealkylation sites (tertiary alicyclic amines) is 1. The van der Waals surface area contributed by atoms with E-state index in [9.17, 15) is 13.5 Å². The molecule has 7 rings (SSSR count). The Labute approximate surface area is 238 Å².